The lowest BCUT2D eigenvalue weighted by Crippen LogP contribution is -2.46. The maximum atomic E-state index is 5.16. The molecule has 0 N–H and O–H groups in total. The second-order valence-corrected chi connectivity index (χ2v) is 9.83. The quantitative estimate of drug-likeness (QED) is 0.448. The fraction of sp³-hybridized carbons (Fsp3) is 0.346. The molecule has 162 valence electrons. The Morgan fingerprint density at radius 2 is 1.62 bits per heavy atom. The molecule has 3 aromatic heterocycles. The minimum Gasteiger partial charge on any atom is -0.353 e. The number of piperazine rings is 1. The molecule has 0 amide bonds. The van der Waals surface area contributed by atoms with Crippen LogP contribution in [0.4, 0.5) is 5.82 Å². The van der Waals surface area contributed by atoms with Crippen LogP contribution in [0.15, 0.2) is 54.9 Å². The van der Waals surface area contributed by atoms with Gasteiger partial charge in [0.05, 0.1) is 5.39 Å². The van der Waals surface area contributed by atoms with Gasteiger partial charge < -0.3 is 4.90 Å². The zero-order chi connectivity index (χ0) is 21.3. The Kier molecular flexibility index (Phi) is 5.33. The van der Waals surface area contributed by atoms with Gasteiger partial charge in [-0.15, -0.1) is 11.3 Å². The highest BCUT2D eigenvalue weighted by molar-refractivity contribution is 7.19. The number of hydrogen-bond donors (Lipinski definition) is 0. The van der Waals surface area contributed by atoms with Gasteiger partial charge in [0.15, 0.2) is 5.82 Å². The van der Waals surface area contributed by atoms with Crippen molar-refractivity contribution < 1.29 is 0 Å². The molecule has 2 aliphatic rings. The number of fused-ring (bicyclic) bond motifs is 3. The summed E-state index contributed by atoms with van der Waals surface area (Å²) in [7, 11) is 0. The highest BCUT2D eigenvalue weighted by atomic mass is 32.1. The fourth-order valence-corrected chi connectivity index (χ4v) is 6.21. The molecule has 1 aliphatic carbocycles. The molecular formula is C26H27N5S. The lowest BCUT2D eigenvalue weighted by atomic mass is 9.96. The van der Waals surface area contributed by atoms with Crippen LogP contribution in [0.5, 0.6) is 0 Å². The number of rotatable bonds is 4. The number of thiophene rings is 1. The van der Waals surface area contributed by atoms with Gasteiger partial charge in [0.1, 0.15) is 10.6 Å². The van der Waals surface area contributed by atoms with Crippen molar-refractivity contribution in [3.8, 4) is 11.4 Å². The van der Waals surface area contributed by atoms with E-state index in [1.54, 1.807) is 0 Å². The van der Waals surface area contributed by atoms with Crippen molar-refractivity contribution in [2.24, 2.45) is 0 Å². The van der Waals surface area contributed by atoms with E-state index in [0.29, 0.717) is 0 Å². The van der Waals surface area contributed by atoms with Crippen molar-refractivity contribution in [1.82, 2.24) is 19.9 Å². The topological polar surface area (TPSA) is 45.2 Å². The number of aryl methyl sites for hydroxylation is 2. The Hall–Kier alpha value is -2.83. The summed E-state index contributed by atoms with van der Waals surface area (Å²) in [5, 5.41) is 1.32. The molecule has 0 radical (unpaired) electrons. The van der Waals surface area contributed by atoms with E-state index in [2.05, 4.69) is 45.1 Å². The van der Waals surface area contributed by atoms with Crippen molar-refractivity contribution in [3.05, 3.63) is 70.9 Å². The largest absolute Gasteiger partial charge is 0.353 e. The first-order chi connectivity index (χ1) is 15.8. The van der Waals surface area contributed by atoms with Crippen LogP contribution in [0, 0.1) is 0 Å². The maximum absolute atomic E-state index is 5.16. The SMILES string of the molecule is c1ccc(CN2CCN(c3nc(-c4ccncc4)nc4sc5c(c34)CCCC5)CC2)cc1. The zero-order valence-corrected chi connectivity index (χ0v) is 19.0. The van der Waals surface area contributed by atoms with Gasteiger partial charge in [-0.1, -0.05) is 30.3 Å². The van der Waals surface area contributed by atoms with Gasteiger partial charge in [0.25, 0.3) is 0 Å². The molecule has 1 aliphatic heterocycles. The van der Waals surface area contributed by atoms with Crippen LogP contribution in [-0.2, 0) is 19.4 Å². The van der Waals surface area contributed by atoms with Crippen LogP contribution in [0.3, 0.4) is 0 Å². The Bertz CT molecular complexity index is 1210. The summed E-state index contributed by atoms with van der Waals surface area (Å²) >= 11 is 1.89. The average molecular weight is 442 g/mol. The van der Waals surface area contributed by atoms with E-state index in [-0.39, 0.29) is 0 Å². The van der Waals surface area contributed by atoms with Gasteiger partial charge in [-0.3, -0.25) is 9.88 Å². The summed E-state index contributed by atoms with van der Waals surface area (Å²) in [6, 6.07) is 14.8. The molecule has 1 fully saturated rings. The third-order valence-corrected chi connectivity index (χ3v) is 7.84. The summed E-state index contributed by atoms with van der Waals surface area (Å²) in [6.45, 7) is 5.12. The smallest absolute Gasteiger partial charge is 0.163 e. The van der Waals surface area contributed by atoms with Crippen LogP contribution in [-0.4, -0.2) is 46.0 Å². The Labute approximate surface area is 192 Å². The predicted octanol–water partition coefficient (Wildman–Crippen LogP) is 4.95. The molecule has 6 rings (SSSR count). The molecule has 5 nitrogen and oxygen atoms in total. The zero-order valence-electron chi connectivity index (χ0n) is 18.2. The number of aromatic nitrogens is 3. The Balaban J connectivity index is 1.34. The maximum Gasteiger partial charge on any atom is 0.163 e. The molecular weight excluding hydrogens is 414 g/mol. The van der Waals surface area contributed by atoms with Gasteiger partial charge in [-0.05, 0) is 48.9 Å². The molecule has 0 atom stereocenters. The highest BCUT2D eigenvalue weighted by Gasteiger charge is 2.26. The summed E-state index contributed by atoms with van der Waals surface area (Å²) in [6.07, 6.45) is 8.56. The van der Waals surface area contributed by atoms with E-state index in [9.17, 15) is 0 Å². The number of pyridine rings is 1. The van der Waals surface area contributed by atoms with Crippen LogP contribution in [0.1, 0.15) is 28.8 Å². The van der Waals surface area contributed by atoms with Crippen LogP contribution >= 0.6 is 11.3 Å². The second kappa shape index (κ2) is 8.60. The van der Waals surface area contributed by atoms with Crippen LogP contribution < -0.4 is 4.90 Å². The monoisotopic (exact) mass is 441 g/mol. The van der Waals surface area contributed by atoms with Gasteiger partial charge in [-0.2, -0.15) is 0 Å². The summed E-state index contributed by atoms with van der Waals surface area (Å²) in [5.74, 6) is 1.96. The third kappa shape index (κ3) is 3.78. The summed E-state index contributed by atoms with van der Waals surface area (Å²) in [5.41, 5.74) is 3.94. The predicted molar refractivity (Wildman–Crippen MR) is 131 cm³/mol. The van der Waals surface area contributed by atoms with Gasteiger partial charge >= 0.3 is 0 Å². The van der Waals surface area contributed by atoms with E-state index in [1.165, 1.54) is 40.7 Å². The van der Waals surface area contributed by atoms with E-state index in [1.807, 2.05) is 35.9 Å². The van der Waals surface area contributed by atoms with E-state index in [4.69, 9.17) is 9.97 Å². The standard InChI is InChI=1S/C26H27N5S/c1-2-6-19(7-3-1)18-30-14-16-31(17-15-30)25-23-21-8-4-5-9-22(21)32-26(23)29-24(28-25)20-10-12-27-13-11-20/h1-3,6-7,10-13H,4-5,8-9,14-18H2. The minimum atomic E-state index is 0.820. The second-order valence-electron chi connectivity index (χ2n) is 8.75. The molecule has 4 aromatic rings. The van der Waals surface area contributed by atoms with Crippen molar-refractivity contribution in [2.75, 3.05) is 31.1 Å². The number of anilines is 1. The van der Waals surface area contributed by atoms with Crippen molar-refractivity contribution in [1.29, 1.82) is 0 Å². The highest BCUT2D eigenvalue weighted by Crippen LogP contribution is 2.41. The Morgan fingerprint density at radius 1 is 0.844 bits per heavy atom. The van der Waals surface area contributed by atoms with Crippen LogP contribution in [0.25, 0.3) is 21.6 Å². The van der Waals surface area contributed by atoms with Crippen molar-refractivity contribution in [2.45, 2.75) is 32.2 Å². The molecule has 0 unspecified atom stereocenters. The average Bonchev–Trinajstić information content (AvgIpc) is 3.24. The minimum absolute atomic E-state index is 0.820. The molecule has 32 heavy (non-hydrogen) atoms. The molecule has 0 spiro atoms. The lowest BCUT2D eigenvalue weighted by Gasteiger charge is -2.36. The van der Waals surface area contributed by atoms with Crippen LogP contribution in [0.2, 0.25) is 0 Å². The number of benzene rings is 1. The van der Waals surface area contributed by atoms with Gasteiger partial charge in [0.2, 0.25) is 0 Å². The first-order valence-corrected chi connectivity index (χ1v) is 12.4. The lowest BCUT2D eigenvalue weighted by molar-refractivity contribution is 0.249. The van der Waals surface area contributed by atoms with Gasteiger partial charge in [-0.25, -0.2) is 9.97 Å². The molecule has 6 heteroatoms. The molecule has 4 heterocycles. The van der Waals surface area contributed by atoms with E-state index >= 15 is 0 Å². The number of hydrogen-bond acceptors (Lipinski definition) is 6. The molecule has 1 saturated heterocycles. The van der Waals surface area contributed by atoms with Crippen molar-refractivity contribution >= 4 is 27.4 Å². The molecule has 0 bridgehead atoms. The molecule has 0 saturated carbocycles. The van der Waals surface area contributed by atoms with Gasteiger partial charge in [0, 0.05) is 55.6 Å². The van der Waals surface area contributed by atoms with E-state index < -0.39 is 0 Å². The summed E-state index contributed by atoms with van der Waals surface area (Å²) < 4.78 is 0. The van der Waals surface area contributed by atoms with E-state index in [0.717, 1.165) is 61.2 Å². The summed E-state index contributed by atoms with van der Waals surface area (Å²) in [4.78, 5) is 22.1. The fourth-order valence-electron chi connectivity index (χ4n) is 4.96. The Morgan fingerprint density at radius 3 is 2.44 bits per heavy atom. The van der Waals surface area contributed by atoms with Crippen molar-refractivity contribution in [3.63, 3.8) is 0 Å². The number of nitrogens with zero attached hydrogens (tertiary/aromatic N) is 5. The first kappa shape index (κ1) is 19.8. The third-order valence-electron chi connectivity index (χ3n) is 6.65. The first-order valence-electron chi connectivity index (χ1n) is 11.6. The normalized spacial score (nSPS) is 16.9. The molecule has 1 aromatic carbocycles.